The van der Waals surface area contributed by atoms with Crippen LogP contribution in [0.15, 0.2) is 24.3 Å². The van der Waals surface area contributed by atoms with Gasteiger partial charge < -0.3 is 9.47 Å². The highest BCUT2D eigenvalue weighted by atomic mass is 35.5. The average molecular weight is 257 g/mol. The minimum atomic E-state index is -0.699. The predicted octanol–water partition coefficient (Wildman–Crippen LogP) is 2.24. The van der Waals surface area contributed by atoms with Crippen LogP contribution in [0.3, 0.4) is 0 Å². The van der Waals surface area contributed by atoms with Crippen LogP contribution in [0.5, 0.6) is 5.75 Å². The van der Waals surface area contributed by atoms with Crippen LogP contribution in [0.1, 0.15) is 13.3 Å². The molecule has 0 spiro atoms. The van der Waals surface area contributed by atoms with E-state index in [1.54, 1.807) is 31.2 Å². The minimum Gasteiger partial charge on any atom is -0.483 e. The van der Waals surface area contributed by atoms with Crippen molar-refractivity contribution in [1.29, 1.82) is 0 Å². The van der Waals surface area contributed by atoms with Crippen molar-refractivity contribution in [3.63, 3.8) is 0 Å². The van der Waals surface area contributed by atoms with Gasteiger partial charge in [-0.1, -0.05) is 11.6 Å². The Kier molecular flexibility index (Phi) is 4.97. The third-order valence-corrected chi connectivity index (χ3v) is 2.38. The van der Waals surface area contributed by atoms with Gasteiger partial charge in [-0.05, 0) is 31.2 Å². The normalized spacial score (nSPS) is 11.7. The second kappa shape index (κ2) is 6.25. The van der Waals surface area contributed by atoms with E-state index >= 15 is 0 Å². The van der Waals surface area contributed by atoms with Crippen molar-refractivity contribution in [3.05, 3.63) is 29.3 Å². The maximum Gasteiger partial charge on any atom is 0.313 e. The fraction of sp³-hybridized carbons (Fsp3) is 0.333. The monoisotopic (exact) mass is 256 g/mol. The zero-order valence-corrected chi connectivity index (χ0v) is 10.4. The summed E-state index contributed by atoms with van der Waals surface area (Å²) in [5.41, 5.74) is 0. The summed E-state index contributed by atoms with van der Waals surface area (Å²) in [4.78, 5) is 22.4. The van der Waals surface area contributed by atoms with E-state index in [0.717, 1.165) is 0 Å². The standard InChI is InChI=1S/C12H13ClO4/c1-8(11(14)7-12(15)16-2)17-10-5-3-9(13)4-6-10/h3-6,8H,7H2,1-2H3. The highest BCUT2D eigenvalue weighted by Crippen LogP contribution is 2.17. The summed E-state index contributed by atoms with van der Waals surface area (Å²) in [6.45, 7) is 1.58. The summed E-state index contributed by atoms with van der Waals surface area (Å²) >= 11 is 5.71. The molecular formula is C12H13ClO4. The van der Waals surface area contributed by atoms with Crippen molar-refractivity contribution in [1.82, 2.24) is 0 Å². The number of Topliss-reactive ketones (excluding diaryl/α,β-unsaturated/α-hetero) is 1. The molecule has 0 bridgehead atoms. The van der Waals surface area contributed by atoms with Crippen LogP contribution in [-0.4, -0.2) is 25.0 Å². The van der Waals surface area contributed by atoms with Crippen LogP contribution >= 0.6 is 11.6 Å². The third kappa shape index (κ3) is 4.44. The summed E-state index contributed by atoms with van der Waals surface area (Å²) in [6, 6.07) is 6.64. The Hall–Kier alpha value is -1.55. The Morgan fingerprint density at radius 2 is 1.88 bits per heavy atom. The fourth-order valence-corrected chi connectivity index (χ4v) is 1.27. The molecular weight excluding hydrogens is 244 g/mol. The van der Waals surface area contributed by atoms with Gasteiger partial charge in [0.2, 0.25) is 0 Å². The number of carbonyl (C=O) groups is 2. The van der Waals surface area contributed by atoms with Gasteiger partial charge in [-0.25, -0.2) is 0 Å². The molecule has 0 aliphatic rings. The first-order valence-electron chi connectivity index (χ1n) is 5.04. The number of hydrogen-bond acceptors (Lipinski definition) is 4. The average Bonchev–Trinajstić information content (AvgIpc) is 2.31. The van der Waals surface area contributed by atoms with E-state index in [0.29, 0.717) is 10.8 Å². The number of carbonyl (C=O) groups excluding carboxylic acids is 2. The lowest BCUT2D eigenvalue weighted by Gasteiger charge is -2.12. The van der Waals surface area contributed by atoms with Crippen molar-refractivity contribution >= 4 is 23.4 Å². The van der Waals surface area contributed by atoms with Gasteiger partial charge in [0.05, 0.1) is 7.11 Å². The van der Waals surface area contributed by atoms with E-state index in [1.807, 2.05) is 0 Å². The SMILES string of the molecule is COC(=O)CC(=O)C(C)Oc1ccc(Cl)cc1. The van der Waals surface area contributed by atoms with Crippen molar-refractivity contribution in [2.45, 2.75) is 19.4 Å². The molecule has 1 aromatic rings. The molecule has 0 saturated heterocycles. The molecule has 92 valence electrons. The van der Waals surface area contributed by atoms with E-state index in [2.05, 4.69) is 4.74 Å². The van der Waals surface area contributed by atoms with Gasteiger partial charge in [-0.3, -0.25) is 9.59 Å². The molecule has 0 saturated carbocycles. The number of halogens is 1. The number of methoxy groups -OCH3 is 1. The molecule has 0 radical (unpaired) electrons. The quantitative estimate of drug-likeness (QED) is 0.599. The molecule has 1 unspecified atom stereocenters. The van der Waals surface area contributed by atoms with Gasteiger partial charge in [-0.15, -0.1) is 0 Å². The number of rotatable bonds is 5. The molecule has 0 aromatic heterocycles. The maximum atomic E-state index is 11.5. The van der Waals surface area contributed by atoms with Crippen LogP contribution in [-0.2, 0) is 14.3 Å². The van der Waals surface area contributed by atoms with E-state index in [1.165, 1.54) is 7.11 Å². The van der Waals surface area contributed by atoms with Gasteiger partial charge in [0.15, 0.2) is 11.9 Å². The molecule has 1 rings (SSSR count). The maximum absolute atomic E-state index is 11.5. The molecule has 0 N–H and O–H groups in total. The molecule has 1 atom stereocenters. The van der Waals surface area contributed by atoms with Gasteiger partial charge in [0.1, 0.15) is 12.2 Å². The third-order valence-electron chi connectivity index (χ3n) is 2.13. The van der Waals surface area contributed by atoms with Crippen LogP contribution < -0.4 is 4.74 Å². The molecule has 5 heteroatoms. The number of hydrogen-bond donors (Lipinski definition) is 0. The van der Waals surface area contributed by atoms with Gasteiger partial charge in [-0.2, -0.15) is 0 Å². The van der Waals surface area contributed by atoms with E-state index < -0.39 is 12.1 Å². The highest BCUT2D eigenvalue weighted by Gasteiger charge is 2.18. The molecule has 0 amide bonds. The molecule has 0 fully saturated rings. The summed E-state index contributed by atoms with van der Waals surface area (Å²) in [5, 5.41) is 0.589. The lowest BCUT2D eigenvalue weighted by molar-refractivity contribution is -0.144. The molecule has 4 nitrogen and oxygen atoms in total. The van der Waals surface area contributed by atoms with Crippen molar-refractivity contribution in [3.8, 4) is 5.75 Å². The first-order valence-corrected chi connectivity index (χ1v) is 5.42. The smallest absolute Gasteiger partial charge is 0.313 e. The van der Waals surface area contributed by atoms with Crippen LogP contribution in [0.2, 0.25) is 5.02 Å². The van der Waals surface area contributed by atoms with Gasteiger partial charge in [0.25, 0.3) is 0 Å². The zero-order chi connectivity index (χ0) is 12.8. The topological polar surface area (TPSA) is 52.6 Å². The van der Waals surface area contributed by atoms with Crippen molar-refractivity contribution < 1.29 is 19.1 Å². The van der Waals surface area contributed by atoms with Crippen LogP contribution in [0.25, 0.3) is 0 Å². The number of ether oxygens (including phenoxy) is 2. The summed E-state index contributed by atoms with van der Waals surface area (Å²) in [5.74, 6) is -0.367. The second-order valence-corrected chi connectivity index (χ2v) is 3.87. The molecule has 0 heterocycles. The molecule has 1 aromatic carbocycles. The van der Waals surface area contributed by atoms with Crippen LogP contribution in [0, 0.1) is 0 Å². The Morgan fingerprint density at radius 3 is 2.41 bits per heavy atom. The zero-order valence-electron chi connectivity index (χ0n) is 9.60. The Labute approximate surface area is 104 Å². The number of ketones is 1. The van der Waals surface area contributed by atoms with Gasteiger partial charge in [0, 0.05) is 5.02 Å². The van der Waals surface area contributed by atoms with Gasteiger partial charge >= 0.3 is 5.97 Å². The Balaban J connectivity index is 2.54. The Bertz CT molecular complexity index is 399. The number of esters is 1. The van der Waals surface area contributed by atoms with E-state index in [9.17, 15) is 9.59 Å². The lowest BCUT2D eigenvalue weighted by Crippen LogP contribution is -2.26. The fourth-order valence-electron chi connectivity index (χ4n) is 1.14. The summed E-state index contributed by atoms with van der Waals surface area (Å²) in [7, 11) is 1.24. The largest absolute Gasteiger partial charge is 0.483 e. The first-order chi connectivity index (χ1) is 8.02. The molecule has 0 aliphatic carbocycles. The number of benzene rings is 1. The minimum absolute atomic E-state index is 0.286. The molecule has 0 aliphatic heterocycles. The van der Waals surface area contributed by atoms with E-state index in [4.69, 9.17) is 16.3 Å². The predicted molar refractivity (Wildman–Crippen MR) is 63.2 cm³/mol. The van der Waals surface area contributed by atoms with E-state index in [-0.39, 0.29) is 12.2 Å². The summed E-state index contributed by atoms with van der Waals surface area (Å²) in [6.07, 6.45) is -0.985. The second-order valence-electron chi connectivity index (χ2n) is 3.43. The highest BCUT2D eigenvalue weighted by molar-refractivity contribution is 6.30. The lowest BCUT2D eigenvalue weighted by atomic mass is 10.2. The summed E-state index contributed by atoms with van der Waals surface area (Å²) < 4.78 is 9.76. The van der Waals surface area contributed by atoms with Crippen LogP contribution in [0.4, 0.5) is 0 Å². The van der Waals surface area contributed by atoms with Crippen molar-refractivity contribution in [2.75, 3.05) is 7.11 Å². The first kappa shape index (κ1) is 13.5. The molecule has 17 heavy (non-hydrogen) atoms. The van der Waals surface area contributed by atoms with Crippen molar-refractivity contribution in [2.24, 2.45) is 0 Å². The Morgan fingerprint density at radius 1 is 1.29 bits per heavy atom.